The van der Waals surface area contributed by atoms with Gasteiger partial charge < -0.3 is 26.0 Å². The Morgan fingerprint density at radius 2 is 1.56 bits per heavy atom. The van der Waals surface area contributed by atoms with Gasteiger partial charge in [0.15, 0.2) is 0 Å². The predicted molar refractivity (Wildman–Crippen MR) is 159 cm³/mol. The zero-order valence-corrected chi connectivity index (χ0v) is 24.2. The van der Waals surface area contributed by atoms with E-state index in [0.717, 1.165) is 11.1 Å². The number of benzene rings is 3. The van der Waals surface area contributed by atoms with Crippen LogP contribution in [0.1, 0.15) is 78.2 Å². The van der Waals surface area contributed by atoms with Gasteiger partial charge in [-0.25, -0.2) is 4.79 Å². The maximum Gasteiger partial charge on any atom is 0.336 e. The van der Waals surface area contributed by atoms with Gasteiger partial charge in [-0.15, -0.1) is 0 Å². The second-order valence-corrected chi connectivity index (χ2v) is 10.3. The van der Waals surface area contributed by atoms with Crippen molar-refractivity contribution in [3.05, 3.63) is 94.0 Å². The fourth-order valence-corrected chi connectivity index (χ4v) is 5.30. The van der Waals surface area contributed by atoms with E-state index in [9.17, 15) is 19.5 Å². The molecule has 0 amide bonds. The fraction of sp³-hybridized carbons (Fsp3) is 0.364. The molecule has 0 aliphatic rings. The molecule has 3 aromatic carbocycles. The van der Waals surface area contributed by atoms with Gasteiger partial charge in [0.25, 0.3) is 0 Å². The Labute approximate surface area is 241 Å². The molecule has 0 aromatic heterocycles. The van der Waals surface area contributed by atoms with Crippen molar-refractivity contribution in [2.75, 3.05) is 5.73 Å². The molecule has 8 nitrogen and oxygen atoms in total. The van der Waals surface area contributed by atoms with Gasteiger partial charge in [0.2, 0.25) is 0 Å². The second-order valence-electron chi connectivity index (χ2n) is 10.3. The summed E-state index contributed by atoms with van der Waals surface area (Å²) < 4.78 is 11.9. The first-order chi connectivity index (χ1) is 19.6. The van der Waals surface area contributed by atoms with Crippen molar-refractivity contribution in [3.63, 3.8) is 0 Å². The smallest absolute Gasteiger partial charge is 0.336 e. The van der Waals surface area contributed by atoms with Gasteiger partial charge in [-0.3, -0.25) is 9.59 Å². The van der Waals surface area contributed by atoms with Crippen LogP contribution in [0.3, 0.4) is 0 Å². The van der Waals surface area contributed by atoms with Crippen molar-refractivity contribution in [1.82, 2.24) is 0 Å². The summed E-state index contributed by atoms with van der Waals surface area (Å²) in [5, 5.41) is 10.4. The van der Waals surface area contributed by atoms with E-state index in [0.29, 0.717) is 24.0 Å². The van der Waals surface area contributed by atoms with Crippen molar-refractivity contribution < 1.29 is 29.0 Å². The van der Waals surface area contributed by atoms with Gasteiger partial charge in [-0.2, -0.15) is 0 Å². The van der Waals surface area contributed by atoms with Gasteiger partial charge in [0.05, 0.1) is 5.56 Å². The molecule has 2 atom stereocenters. The molecule has 0 heterocycles. The number of carboxylic acid groups (broad SMARTS) is 1. The molecular weight excluding hydrogens is 520 g/mol. The van der Waals surface area contributed by atoms with Crippen LogP contribution >= 0.6 is 0 Å². The van der Waals surface area contributed by atoms with Crippen LogP contribution in [0.2, 0.25) is 0 Å². The molecule has 218 valence electrons. The molecule has 3 aromatic rings. The van der Waals surface area contributed by atoms with Crippen LogP contribution in [-0.2, 0) is 39.3 Å². The van der Waals surface area contributed by atoms with Gasteiger partial charge in [-0.1, -0.05) is 81.4 Å². The minimum atomic E-state index is -1.23. The fourth-order valence-electron chi connectivity index (χ4n) is 5.30. The van der Waals surface area contributed by atoms with Gasteiger partial charge in [-0.05, 0) is 36.5 Å². The zero-order chi connectivity index (χ0) is 30.2. The van der Waals surface area contributed by atoms with Crippen LogP contribution in [0.25, 0.3) is 0 Å². The van der Waals surface area contributed by atoms with Crippen LogP contribution in [0.4, 0.5) is 5.69 Å². The molecule has 5 N–H and O–H groups in total. The Hall–Kier alpha value is -4.17. The molecule has 0 saturated carbocycles. The number of esters is 2. The van der Waals surface area contributed by atoms with Crippen molar-refractivity contribution >= 4 is 23.6 Å². The van der Waals surface area contributed by atoms with Crippen molar-refractivity contribution in [2.45, 2.75) is 71.9 Å². The summed E-state index contributed by atoms with van der Waals surface area (Å²) >= 11 is 0. The normalized spacial score (nSPS) is 13.2. The van der Waals surface area contributed by atoms with Crippen LogP contribution in [0.5, 0.6) is 5.75 Å². The third kappa shape index (κ3) is 6.95. The van der Waals surface area contributed by atoms with E-state index in [-0.39, 0.29) is 54.3 Å². The number of nitrogen functional groups attached to an aromatic ring is 1. The molecular formula is C33H40N2O6. The summed E-state index contributed by atoms with van der Waals surface area (Å²) in [6, 6.07) is 19.2. The lowest BCUT2D eigenvalue weighted by Gasteiger charge is -2.40. The minimum absolute atomic E-state index is 0.0910. The number of aromatic carboxylic acids is 1. The van der Waals surface area contributed by atoms with E-state index in [1.54, 1.807) is 13.8 Å². The van der Waals surface area contributed by atoms with Crippen LogP contribution in [-0.4, -0.2) is 23.0 Å². The first kappa shape index (κ1) is 31.4. The first-order valence-corrected chi connectivity index (χ1v) is 14.0. The van der Waals surface area contributed by atoms with E-state index in [1.165, 1.54) is 0 Å². The Balaban J connectivity index is 2.24. The predicted octanol–water partition coefficient (Wildman–Crippen LogP) is 5.71. The Kier molecular flexibility index (Phi) is 10.7. The maximum atomic E-state index is 12.9. The molecule has 0 aliphatic heterocycles. The minimum Gasteiger partial charge on any atom is -0.478 e. The van der Waals surface area contributed by atoms with E-state index in [2.05, 4.69) is 0 Å². The summed E-state index contributed by atoms with van der Waals surface area (Å²) in [7, 11) is 0. The highest BCUT2D eigenvalue weighted by molar-refractivity contribution is 5.95. The molecule has 0 fully saturated rings. The number of anilines is 1. The summed E-state index contributed by atoms with van der Waals surface area (Å²) in [4.78, 5) is 38.0. The zero-order valence-electron chi connectivity index (χ0n) is 24.2. The molecule has 0 bridgehead atoms. The Bertz CT molecular complexity index is 1370. The summed E-state index contributed by atoms with van der Waals surface area (Å²) in [5.74, 6) is -2.43. The van der Waals surface area contributed by atoms with E-state index < -0.39 is 23.5 Å². The number of carboxylic acids is 1. The second kappa shape index (κ2) is 13.9. The lowest BCUT2D eigenvalue weighted by molar-refractivity contribution is -0.167. The highest BCUT2D eigenvalue weighted by atomic mass is 16.6. The molecule has 3 rings (SSSR count). The van der Waals surface area contributed by atoms with Crippen LogP contribution < -0.4 is 16.2 Å². The lowest BCUT2D eigenvalue weighted by Crippen LogP contribution is -2.42. The number of hydrogen-bond donors (Lipinski definition) is 3. The number of hydrogen-bond acceptors (Lipinski definition) is 7. The van der Waals surface area contributed by atoms with Crippen molar-refractivity contribution in [1.29, 1.82) is 0 Å². The lowest BCUT2D eigenvalue weighted by atomic mass is 9.73. The largest absolute Gasteiger partial charge is 0.478 e. The topological polar surface area (TPSA) is 142 Å². The number of ether oxygens (including phenoxy) is 2. The average Bonchev–Trinajstić information content (AvgIpc) is 2.97. The van der Waals surface area contributed by atoms with E-state index in [1.807, 2.05) is 74.5 Å². The van der Waals surface area contributed by atoms with Gasteiger partial charge >= 0.3 is 17.9 Å². The maximum absolute atomic E-state index is 12.9. The molecule has 0 spiro atoms. The van der Waals surface area contributed by atoms with Crippen molar-refractivity contribution in [3.8, 4) is 5.75 Å². The molecule has 0 aliphatic carbocycles. The number of nitrogens with two attached hydrogens (primary N) is 2. The highest BCUT2D eigenvalue weighted by Crippen LogP contribution is 2.43. The third-order valence-corrected chi connectivity index (χ3v) is 7.50. The molecule has 0 saturated heterocycles. The van der Waals surface area contributed by atoms with Gasteiger partial charge in [0.1, 0.15) is 11.4 Å². The van der Waals surface area contributed by atoms with Gasteiger partial charge in [0, 0.05) is 48.5 Å². The van der Waals surface area contributed by atoms with E-state index in [4.69, 9.17) is 20.9 Å². The number of rotatable bonds is 13. The van der Waals surface area contributed by atoms with Crippen LogP contribution in [0, 0.1) is 12.8 Å². The Morgan fingerprint density at radius 1 is 0.951 bits per heavy atom. The summed E-state index contributed by atoms with van der Waals surface area (Å²) in [5.41, 5.74) is 14.4. The quantitative estimate of drug-likeness (QED) is 0.137. The molecule has 2 unspecified atom stereocenters. The standard InChI is InChI=1S/C33H40N2O6/c1-5-13-28(37)40-31-22(4)30(35)25(29(32(38)39)26(31)20-34)18-21(3)33(41-27(36)6-2,24-16-11-8-12-17-24)19-23-14-9-7-10-15-23/h7-12,14-17,21H,5-6,13,18-20,34-35H2,1-4H3,(H,38,39). The molecule has 0 radical (unpaired) electrons. The Morgan fingerprint density at radius 3 is 2.10 bits per heavy atom. The van der Waals surface area contributed by atoms with Crippen LogP contribution in [0.15, 0.2) is 60.7 Å². The average molecular weight is 561 g/mol. The summed E-state index contributed by atoms with van der Waals surface area (Å²) in [6.45, 7) is 7.03. The number of carbonyl (C=O) groups is 3. The third-order valence-electron chi connectivity index (χ3n) is 7.50. The van der Waals surface area contributed by atoms with E-state index >= 15 is 0 Å². The number of carbonyl (C=O) groups excluding carboxylic acids is 2. The SMILES string of the molecule is CCCC(=O)Oc1c(C)c(N)c(CC(C)C(Cc2ccccc2)(OC(=O)CC)c2ccccc2)c(C(=O)O)c1CN. The molecule has 8 heteroatoms. The first-order valence-electron chi connectivity index (χ1n) is 14.0. The van der Waals surface area contributed by atoms with Crippen molar-refractivity contribution in [2.24, 2.45) is 11.7 Å². The highest BCUT2D eigenvalue weighted by Gasteiger charge is 2.43. The monoisotopic (exact) mass is 560 g/mol. The molecule has 41 heavy (non-hydrogen) atoms. The summed E-state index contributed by atoms with van der Waals surface area (Å²) in [6.07, 6.45) is 1.44.